The molecule has 2 rings (SSSR count). The predicted molar refractivity (Wildman–Crippen MR) is 66.0 cm³/mol. The largest absolute Gasteiger partial charge is 0.468 e. The number of rotatable bonds is 3. The van der Waals surface area contributed by atoms with Crippen molar-refractivity contribution in [2.75, 3.05) is 7.11 Å². The van der Waals surface area contributed by atoms with Crippen molar-refractivity contribution in [3.8, 4) is 0 Å². The van der Waals surface area contributed by atoms with Crippen LogP contribution in [-0.4, -0.2) is 13.1 Å². The molecule has 1 atom stereocenters. The van der Waals surface area contributed by atoms with Crippen LogP contribution in [0.4, 0.5) is 0 Å². The van der Waals surface area contributed by atoms with Crippen LogP contribution in [0.5, 0.6) is 0 Å². The molecule has 0 radical (unpaired) electrons. The van der Waals surface area contributed by atoms with E-state index in [1.165, 1.54) is 12.7 Å². The third-order valence-corrected chi connectivity index (χ3v) is 2.93. The van der Waals surface area contributed by atoms with E-state index < -0.39 is 0 Å². The van der Waals surface area contributed by atoms with Crippen LogP contribution in [0.2, 0.25) is 0 Å². The van der Waals surface area contributed by atoms with Crippen LogP contribution in [-0.2, 0) is 9.53 Å². The van der Waals surface area contributed by atoms with Gasteiger partial charge in [-0.15, -0.1) is 0 Å². The van der Waals surface area contributed by atoms with Crippen molar-refractivity contribution in [2.45, 2.75) is 26.2 Å². The third-order valence-electron chi connectivity index (χ3n) is 2.93. The van der Waals surface area contributed by atoms with Gasteiger partial charge in [0.25, 0.3) is 0 Å². The van der Waals surface area contributed by atoms with Gasteiger partial charge in [-0.2, -0.15) is 0 Å². The topological polar surface area (TPSA) is 39.4 Å². The molecule has 90 valence electrons. The number of benzene rings is 1. The van der Waals surface area contributed by atoms with E-state index in [-0.39, 0.29) is 11.9 Å². The van der Waals surface area contributed by atoms with Crippen LogP contribution in [0, 0.1) is 6.92 Å². The Labute approximate surface area is 100 Å². The van der Waals surface area contributed by atoms with Crippen molar-refractivity contribution < 1.29 is 13.9 Å². The molecule has 0 saturated carbocycles. The summed E-state index contributed by atoms with van der Waals surface area (Å²) in [6.45, 7) is 3.98. The molecular formula is C14H16O3. The Bertz CT molecular complexity index is 539. The summed E-state index contributed by atoms with van der Waals surface area (Å²) in [6.07, 6.45) is 0.672. The number of carbonyl (C=O) groups is 1. The van der Waals surface area contributed by atoms with Crippen LogP contribution in [0.3, 0.4) is 0 Å². The minimum Gasteiger partial charge on any atom is -0.468 e. The Kier molecular flexibility index (Phi) is 3.18. The summed E-state index contributed by atoms with van der Waals surface area (Å²) < 4.78 is 10.5. The second-order valence-electron chi connectivity index (χ2n) is 4.17. The number of hydrogen-bond acceptors (Lipinski definition) is 3. The highest BCUT2D eigenvalue weighted by atomic mass is 16.5. The Morgan fingerprint density at radius 2 is 2.18 bits per heavy atom. The maximum Gasteiger partial charge on any atom is 0.316 e. The van der Waals surface area contributed by atoms with Crippen molar-refractivity contribution in [1.29, 1.82) is 0 Å². The van der Waals surface area contributed by atoms with Gasteiger partial charge in [0, 0.05) is 5.39 Å². The summed E-state index contributed by atoms with van der Waals surface area (Å²) in [6, 6.07) is 7.90. The Balaban J connectivity index is 2.44. The van der Waals surface area contributed by atoms with Gasteiger partial charge >= 0.3 is 5.97 Å². The summed E-state index contributed by atoms with van der Waals surface area (Å²) in [5, 5.41) is 1.03. The fourth-order valence-electron chi connectivity index (χ4n) is 1.98. The molecule has 0 amide bonds. The first-order chi connectivity index (χ1) is 8.15. The zero-order chi connectivity index (χ0) is 12.4. The van der Waals surface area contributed by atoms with E-state index in [0.717, 1.165) is 11.0 Å². The van der Waals surface area contributed by atoms with Gasteiger partial charge in [-0.1, -0.05) is 18.6 Å². The highest BCUT2D eigenvalue weighted by Gasteiger charge is 2.23. The highest BCUT2D eigenvalue weighted by Crippen LogP contribution is 2.28. The van der Waals surface area contributed by atoms with E-state index in [0.29, 0.717) is 12.2 Å². The van der Waals surface area contributed by atoms with E-state index in [4.69, 9.17) is 9.15 Å². The Hall–Kier alpha value is -1.77. The summed E-state index contributed by atoms with van der Waals surface area (Å²) in [7, 11) is 1.40. The fraction of sp³-hybridized carbons (Fsp3) is 0.357. The molecule has 1 aromatic carbocycles. The van der Waals surface area contributed by atoms with Gasteiger partial charge in [0.15, 0.2) is 0 Å². The lowest BCUT2D eigenvalue weighted by molar-refractivity contribution is -0.142. The van der Waals surface area contributed by atoms with E-state index in [2.05, 4.69) is 0 Å². The molecule has 3 nitrogen and oxygen atoms in total. The van der Waals surface area contributed by atoms with Crippen molar-refractivity contribution in [1.82, 2.24) is 0 Å². The third kappa shape index (κ3) is 2.18. The Morgan fingerprint density at radius 1 is 1.41 bits per heavy atom. The molecule has 0 saturated heterocycles. The number of methoxy groups -OCH3 is 1. The molecule has 0 aliphatic heterocycles. The molecule has 1 unspecified atom stereocenters. The number of hydrogen-bond donors (Lipinski definition) is 0. The van der Waals surface area contributed by atoms with E-state index in [9.17, 15) is 4.79 Å². The van der Waals surface area contributed by atoms with Gasteiger partial charge in [0.05, 0.1) is 7.11 Å². The Morgan fingerprint density at radius 3 is 2.82 bits per heavy atom. The van der Waals surface area contributed by atoms with Crippen LogP contribution in [0.15, 0.2) is 28.7 Å². The molecule has 1 heterocycles. The average molecular weight is 232 g/mol. The second kappa shape index (κ2) is 4.62. The van der Waals surface area contributed by atoms with Crippen LogP contribution in [0.1, 0.15) is 30.6 Å². The van der Waals surface area contributed by atoms with E-state index in [1.807, 2.05) is 38.1 Å². The monoisotopic (exact) mass is 232 g/mol. The fourth-order valence-corrected chi connectivity index (χ4v) is 1.98. The van der Waals surface area contributed by atoms with Gasteiger partial charge < -0.3 is 9.15 Å². The smallest absolute Gasteiger partial charge is 0.316 e. The first-order valence-corrected chi connectivity index (χ1v) is 5.73. The summed E-state index contributed by atoms with van der Waals surface area (Å²) in [5.74, 6) is 0.121. The molecule has 0 spiro atoms. The molecular weight excluding hydrogens is 216 g/mol. The lowest BCUT2D eigenvalue weighted by Gasteiger charge is -2.08. The maximum absolute atomic E-state index is 11.6. The molecule has 0 fully saturated rings. The highest BCUT2D eigenvalue weighted by molar-refractivity contribution is 5.82. The van der Waals surface area contributed by atoms with Gasteiger partial charge in [-0.05, 0) is 31.5 Å². The van der Waals surface area contributed by atoms with E-state index >= 15 is 0 Å². The number of fused-ring (bicyclic) bond motifs is 1. The van der Waals surface area contributed by atoms with Crippen molar-refractivity contribution in [2.24, 2.45) is 0 Å². The van der Waals surface area contributed by atoms with E-state index in [1.54, 1.807) is 0 Å². The lowest BCUT2D eigenvalue weighted by atomic mass is 10.0. The number of carbonyl (C=O) groups excluding carboxylic acids is 1. The van der Waals surface area contributed by atoms with Crippen LogP contribution >= 0.6 is 0 Å². The number of esters is 1. The molecule has 0 N–H and O–H groups in total. The number of aryl methyl sites for hydroxylation is 1. The maximum atomic E-state index is 11.6. The minimum atomic E-state index is -0.312. The quantitative estimate of drug-likeness (QED) is 0.761. The summed E-state index contributed by atoms with van der Waals surface area (Å²) in [4.78, 5) is 11.6. The molecule has 2 aromatic rings. The number of furan rings is 1. The first kappa shape index (κ1) is 11.7. The average Bonchev–Trinajstić information content (AvgIpc) is 2.72. The standard InChI is InChI=1S/C14H16O3/c1-4-11(14(15)16-3)13-8-10-7-9(2)5-6-12(10)17-13/h5-8,11H,4H2,1-3H3. The minimum absolute atomic E-state index is 0.247. The molecule has 0 aliphatic carbocycles. The van der Waals surface area contributed by atoms with Crippen molar-refractivity contribution in [3.63, 3.8) is 0 Å². The SMILES string of the molecule is CCC(C(=O)OC)c1cc2cc(C)ccc2o1. The van der Waals surface area contributed by atoms with Gasteiger partial charge in [0.1, 0.15) is 17.3 Å². The van der Waals surface area contributed by atoms with Crippen LogP contribution in [0.25, 0.3) is 11.0 Å². The molecule has 3 heteroatoms. The van der Waals surface area contributed by atoms with Crippen molar-refractivity contribution >= 4 is 16.9 Å². The molecule has 0 aliphatic rings. The van der Waals surface area contributed by atoms with Gasteiger partial charge in [-0.25, -0.2) is 0 Å². The zero-order valence-electron chi connectivity index (χ0n) is 10.3. The lowest BCUT2D eigenvalue weighted by Crippen LogP contribution is -2.12. The first-order valence-electron chi connectivity index (χ1n) is 5.73. The van der Waals surface area contributed by atoms with Crippen LogP contribution < -0.4 is 0 Å². The normalized spacial score (nSPS) is 12.6. The number of ether oxygens (including phenoxy) is 1. The second-order valence-corrected chi connectivity index (χ2v) is 4.17. The van der Waals surface area contributed by atoms with Gasteiger partial charge in [-0.3, -0.25) is 4.79 Å². The van der Waals surface area contributed by atoms with Gasteiger partial charge in [0.2, 0.25) is 0 Å². The zero-order valence-corrected chi connectivity index (χ0v) is 10.3. The van der Waals surface area contributed by atoms with Crippen molar-refractivity contribution in [3.05, 3.63) is 35.6 Å². The molecule has 0 bridgehead atoms. The summed E-state index contributed by atoms with van der Waals surface area (Å²) in [5.41, 5.74) is 1.99. The molecule has 17 heavy (non-hydrogen) atoms. The molecule has 1 aromatic heterocycles. The predicted octanol–water partition coefficient (Wildman–Crippen LogP) is 3.41. The summed E-state index contributed by atoms with van der Waals surface area (Å²) >= 11 is 0.